The maximum Gasteiger partial charge on any atom is 0.263 e. The molecule has 0 saturated carbocycles. The quantitative estimate of drug-likeness (QED) is 0.376. The fourth-order valence-electron chi connectivity index (χ4n) is 3.25. The number of hydrazone groups is 1. The van der Waals surface area contributed by atoms with Gasteiger partial charge in [0, 0.05) is 16.1 Å². The van der Waals surface area contributed by atoms with Gasteiger partial charge in [-0.15, -0.1) is 0 Å². The van der Waals surface area contributed by atoms with Crippen LogP contribution in [0.25, 0.3) is 22.3 Å². The number of hydrogen-bond acceptors (Lipinski definition) is 4. The third kappa shape index (κ3) is 4.25. The molecule has 7 heteroatoms. The van der Waals surface area contributed by atoms with Crippen LogP contribution in [0.5, 0.6) is 0 Å². The van der Waals surface area contributed by atoms with Gasteiger partial charge in [-0.25, -0.2) is 10.4 Å². The smallest absolute Gasteiger partial charge is 0.263 e. The fraction of sp³-hybridized carbons (Fsp3) is 0.0833. The minimum atomic E-state index is -0.844. The molecule has 1 heterocycles. The minimum absolute atomic E-state index is 0.290. The molecule has 1 N–H and O–H groups in total. The van der Waals surface area contributed by atoms with Gasteiger partial charge in [-0.2, -0.15) is 5.10 Å². The minimum Gasteiger partial charge on any atom is -0.280 e. The number of carbonyl (C=O) groups excluding carboxylic acids is 1. The number of para-hydroxylation sites is 1. The largest absolute Gasteiger partial charge is 0.280 e. The Labute approximate surface area is 183 Å². The van der Waals surface area contributed by atoms with Crippen molar-refractivity contribution in [3.8, 4) is 11.4 Å². The van der Waals surface area contributed by atoms with Gasteiger partial charge in [0.1, 0.15) is 11.9 Å². The molecule has 0 aliphatic rings. The number of nitrogens with one attached hydrogen (secondary N) is 1. The Hall–Kier alpha value is -3.77. The van der Waals surface area contributed by atoms with Crippen molar-refractivity contribution >= 4 is 34.6 Å². The van der Waals surface area contributed by atoms with Crippen LogP contribution >= 0.6 is 11.6 Å². The highest BCUT2D eigenvalue weighted by Gasteiger charge is 2.22. The van der Waals surface area contributed by atoms with Crippen LogP contribution in [-0.2, 0) is 4.79 Å². The van der Waals surface area contributed by atoms with Crippen molar-refractivity contribution in [3.63, 3.8) is 0 Å². The summed E-state index contributed by atoms with van der Waals surface area (Å²) in [7, 11) is 0. The van der Waals surface area contributed by atoms with Crippen molar-refractivity contribution in [1.29, 1.82) is 0 Å². The number of aromatic nitrogens is 2. The molecule has 1 amide bonds. The lowest BCUT2D eigenvalue weighted by Crippen LogP contribution is -2.35. The molecule has 0 aliphatic carbocycles. The molecular weight excluding hydrogens is 412 g/mol. The monoisotopic (exact) mass is 430 g/mol. The highest BCUT2D eigenvalue weighted by molar-refractivity contribution is 6.33. The number of amides is 1. The van der Waals surface area contributed by atoms with Crippen LogP contribution < -0.4 is 11.0 Å². The molecule has 1 aromatic heterocycles. The summed E-state index contributed by atoms with van der Waals surface area (Å²) in [5, 5.41) is 4.97. The maximum absolute atomic E-state index is 13.3. The first-order valence-corrected chi connectivity index (χ1v) is 10.1. The van der Waals surface area contributed by atoms with Crippen molar-refractivity contribution in [2.45, 2.75) is 13.0 Å². The summed E-state index contributed by atoms with van der Waals surface area (Å²) in [6.45, 7) is 1.64. The van der Waals surface area contributed by atoms with Crippen molar-refractivity contribution in [2.24, 2.45) is 5.10 Å². The van der Waals surface area contributed by atoms with Crippen molar-refractivity contribution < 1.29 is 4.79 Å². The Balaban J connectivity index is 1.72. The number of carbonyl (C=O) groups is 1. The normalized spacial score (nSPS) is 12.2. The number of rotatable bonds is 5. The molecule has 0 radical (unpaired) electrons. The summed E-state index contributed by atoms with van der Waals surface area (Å²) >= 11 is 6.11. The summed E-state index contributed by atoms with van der Waals surface area (Å²) < 4.78 is 1.40. The van der Waals surface area contributed by atoms with Gasteiger partial charge in [-0.1, -0.05) is 72.3 Å². The van der Waals surface area contributed by atoms with Gasteiger partial charge < -0.3 is 0 Å². The van der Waals surface area contributed by atoms with Gasteiger partial charge in [0.2, 0.25) is 0 Å². The van der Waals surface area contributed by atoms with Gasteiger partial charge in [-0.05, 0) is 25.1 Å². The average molecular weight is 431 g/mol. The van der Waals surface area contributed by atoms with Crippen LogP contribution in [-0.4, -0.2) is 21.7 Å². The van der Waals surface area contributed by atoms with E-state index in [1.54, 1.807) is 37.3 Å². The van der Waals surface area contributed by atoms with E-state index in [4.69, 9.17) is 11.6 Å². The highest BCUT2D eigenvalue weighted by atomic mass is 35.5. The Morgan fingerprint density at radius 2 is 1.71 bits per heavy atom. The first kappa shape index (κ1) is 20.5. The van der Waals surface area contributed by atoms with Gasteiger partial charge >= 0.3 is 0 Å². The van der Waals surface area contributed by atoms with Crippen molar-refractivity contribution in [1.82, 2.24) is 15.0 Å². The molecule has 1 atom stereocenters. The van der Waals surface area contributed by atoms with E-state index in [2.05, 4.69) is 15.5 Å². The fourth-order valence-corrected chi connectivity index (χ4v) is 3.44. The lowest BCUT2D eigenvalue weighted by atomic mass is 10.1. The summed E-state index contributed by atoms with van der Waals surface area (Å²) in [5.74, 6) is -0.0262. The Bertz CT molecular complexity index is 1330. The molecule has 0 bridgehead atoms. The topological polar surface area (TPSA) is 76.3 Å². The first-order valence-electron chi connectivity index (χ1n) is 9.70. The maximum atomic E-state index is 13.3. The number of benzene rings is 3. The molecule has 0 spiro atoms. The van der Waals surface area contributed by atoms with E-state index in [-0.39, 0.29) is 5.56 Å². The first-order chi connectivity index (χ1) is 15.1. The molecule has 0 aliphatic heterocycles. The molecule has 0 saturated heterocycles. The van der Waals surface area contributed by atoms with Crippen LogP contribution in [0.3, 0.4) is 0 Å². The van der Waals surface area contributed by atoms with E-state index in [9.17, 15) is 9.59 Å². The molecule has 4 aromatic rings. The number of hydrogen-bond donors (Lipinski definition) is 1. The number of nitrogens with zero attached hydrogens (tertiary/aromatic N) is 3. The Morgan fingerprint density at radius 3 is 2.48 bits per heavy atom. The summed E-state index contributed by atoms with van der Waals surface area (Å²) in [6.07, 6.45) is 1.46. The van der Waals surface area contributed by atoms with E-state index in [1.165, 1.54) is 10.8 Å². The second kappa shape index (κ2) is 8.93. The zero-order valence-electron chi connectivity index (χ0n) is 16.7. The van der Waals surface area contributed by atoms with Crippen molar-refractivity contribution in [2.75, 3.05) is 0 Å². The molecule has 154 valence electrons. The summed E-state index contributed by atoms with van der Waals surface area (Å²) in [6, 6.07) is 22.7. The van der Waals surface area contributed by atoms with Crippen LogP contribution in [0.2, 0.25) is 5.02 Å². The molecule has 0 unspecified atom stereocenters. The lowest BCUT2D eigenvalue weighted by Gasteiger charge is -2.18. The van der Waals surface area contributed by atoms with E-state index >= 15 is 0 Å². The van der Waals surface area contributed by atoms with Gasteiger partial charge in [0.05, 0.1) is 17.1 Å². The Morgan fingerprint density at radius 1 is 1.03 bits per heavy atom. The van der Waals surface area contributed by atoms with E-state index in [1.807, 2.05) is 48.5 Å². The second-order valence-electron chi connectivity index (χ2n) is 6.93. The number of fused-ring (bicyclic) bond motifs is 1. The molecule has 0 fully saturated rings. The molecule has 6 nitrogen and oxygen atoms in total. The molecular formula is C24H19ClN4O2. The SMILES string of the molecule is C[C@H](C(=O)NN=Cc1ccccc1Cl)n1c(-c2ccccc2)nc2ccccc2c1=O. The zero-order valence-corrected chi connectivity index (χ0v) is 17.5. The lowest BCUT2D eigenvalue weighted by molar-refractivity contribution is -0.123. The number of halogens is 1. The Kier molecular flexibility index (Phi) is 5.91. The predicted octanol–water partition coefficient (Wildman–Crippen LogP) is 4.43. The van der Waals surface area contributed by atoms with E-state index in [0.29, 0.717) is 27.3 Å². The molecule has 4 rings (SSSR count). The second-order valence-corrected chi connectivity index (χ2v) is 7.33. The third-order valence-corrected chi connectivity index (χ3v) is 5.23. The van der Waals surface area contributed by atoms with Crippen LogP contribution in [0, 0.1) is 0 Å². The van der Waals surface area contributed by atoms with Crippen LogP contribution in [0.4, 0.5) is 0 Å². The van der Waals surface area contributed by atoms with Crippen LogP contribution in [0.1, 0.15) is 18.5 Å². The van der Waals surface area contributed by atoms with E-state index < -0.39 is 11.9 Å². The zero-order chi connectivity index (χ0) is 21.8. The van der Waals surface area contributed by atoms with Crippen molar-refractivity contribution in [3.05, 3.63) is 99.8 Å². The van der Waals surface area contributed by atoms with Gasteiger partial charge in [0.15, 0.2) is 0 Å². The average Bonchev–Trinajstić information content (AvgIpc) is 2.80. The molecule has 3 aromatic carbocycles. The van der Waals surface area contributed by atoms with Gasteiger partial charge in [0.25, 0.3) is 11.5 Å². The third-order valence-electron chi connectivity index (χ3n) is 4.89. The van der Waals surface area contributed by atoms with Crippen LogP contribution in [0.15, 0.2) is 88.8 Å². The predicted molar refractivity (Wildman–Crippen MR) is 123 cm³/mol. The van der Waals surface area contributed by atoms with E-state index in [0.717, 1.165) is 5.56 Å². The highest BCUT2D eigenvalue weighted by Crippen LogP contribution is 2.22. The summed E-state index contributed by atoms with van der Waals surface area (Å²) in [4.78, 5) is 30.8. The molecule has 31 heavy (non-hydrogen) atoms. The van der Waals surface area contributed by atoms with Gasteiger partial charge in [-0.3, -0.25) is 14.2 Å². The summed E-state index contributed by atoms with van der Waals surface area (Å²) in [5.41, 5.74) is 4.19. The standard InChI is InChI=1S/C24H19ClN4O2/c1-16(23(30)28-26-15-18-11-5-7-13-20(18)25)29-22(17-9-3-2-4-10-17)27-21-14-8-6-12-19(21)24(29)31/h2-16H,1H3,(H,28,30)/t16-/m1/s1.